The fraction of sp³-hybridized carbons (Fsp3) is 0. The first kappa shape index (κ1) is 21.6. The summed E-state index contributed by atoms with van der Waals surface area (Å²) in [5, 5.41) is 2.25. The van der Waals surface area contributed by atoms with Gasteiger partial charge >= 0.3 is 0 Å². The Morgan fingerprint density at radius 1 is 0.513 bits per heavy atom. The molecule has 3 aromatic heterocycles. The normalized spacial score (nSPS) is 11.7. The zero-order valence-electron chi connectivity index (χ0n) is 20.9. The number of fused-ring (bicyclic) bond motifs is 6. The molecular formula is C34H22N4O. The van der Waals surface area contributed by atoms with Gasteiger partial charge in [-0.15, -0.1) is 0 Å². The van der Waals surface area contributed by atoms with Gasteiger partial charge in [0.1, 0.15) is 0 Å². The molecule has 39 heavy (non-hydrogen) atoms. The molecule has 184 valence electrons. The quantitative estimate of drug-likeness (QED) is 0.253. The molecule has 0 saturated heterocycles. The third-order valence-electron chi connectivity index (χ3n) is 7.50. The van der Waals surface area contributed by atoms with Crippen LogP contribution < -0.4 is 5.56 Å². The molecule has 0 amide bonds. The fourth-order valence-corrected chi connectivity index (χ4v) is 5.77. The molecule has 0 bridgehead atoms. The van der Waals surface area contributed by atoms with E-state index in [9.17, 15) is 4.79 Å². The molecule has 0 fully saturated rings. The molecule has 5 heteroatoms. The van der Waals surface area contributed by atoms with Crippen molar-refractivity contribution in [1.29, 1.82) is 0 Å². The van der Waals surface area contributed by atoms with E-state index in [1.165, 1.54) is 0 Å². The molecule has 8 rings (SSSR count). The molecule has 3 heterocycles. The summed E-state index contributed by atoms with van der Waals surface area (Å²) >= 11 is 0. The number of nitrogens with zero attached hydrogens (tertiary/aromatic N) is 4. The molecule has 8 aromatic rings. The van der Waals surface area contributed by atoms with Crippen LogP contribution in [-0.4, -0.2) is 18.5 Å². The summed E-state index contributed by atoms with van der Waals surface area (Å²) in [4.78, 5) is 18.2. The van der Waals surface area contributed by atoms with E-state index in [0.29, 0.717) is 11.3 Å². The van der Waals surface area contributed by atoms with E-state index in [2.05, 4.69) is 82.3 Å². The predicted molar refractivity (Wildman–Crippen MR) is 158 cm³/mol. The molecule has 0 atom stereocenters. The van der Waals surface area contributed by atoms with E-state index in [1.807, 2.05) is 69.8 Å². The minimum Gasteiger partial charge on any atom is -0.309 e. The highest BCUT2D eigenvalue weighted by Gasteiger charge is 2.18. The van der Waals surface area contributed by atoms with Crippen molar-refractivity contribution in [3.63, 3.8) is 0 Å². The van der Waals surface area contributed by atoms with Gasteiger partial charge in [-0.2, -0.15) is 4.98 Å². The number of hydrogen-bond donors (Lipinski definition) is 0. The Labute approximate surface area is 223 Å². The molecular weight excluding hydrogens is 480 g/mol. The van der Waals surface area contributed by atoms with Gasteiger partial charge < -0.3 is 4.57 Å². The lowest BCUT2D eigenvalue weighted by Gasteiger charge is -2.08. The van der Waals surface area contributed by atoms with Crippen molar-refractivity contribution < 1.29 is 0 Å². The molecule has 0 radical (unpaired) electrons. The van der Waals surface area contributed by atoms with Crippen molar-refractivity contribution in [3.8, 4) is 22.5 Å². The van der Waals surface area contributed by atoms with Crippen LogP contribution in [0.25, 0.3) is 61.1 Å². The maximum atomic E-state index is 13.6. The maximum absolute atomic E-state index is 13.6. The van der Waals surface area contributed by atoms with Gasteiger partial charge in [0.15, 0.2) is 0 Å². The van der Waals surface area contributed by atoms with Crippen molar-refractivity contribution in [2.24, 2.45) is 0 Å². The predicted octanol–water partition coefficient (Wildman–Crippen LogP) is 7.40. The molecule has 0 aliphatic heterocycles. The summed E-state index contributed by atoms with van der Waals surface area (Å²) in [6.07, 6.45) is 1.93. The van der Waals surface area contributed by atoms with Crippen LogP contribution in [0.4, 0.5) is 0 Å². The Hall–Kier alpha value is -5.42. The molecule has 0 N–H and O–H groups in total. The number of benzene rings is 5. The van der Waals surface area contributed by atoms with E-state index < -0.39 is 0 Å². The van der Waals surface area contributed by atoms with Crippen molar-refractivity contribution in [2.75, 3.05) is 0 Å². The van der Waals surface area contributed by atoms with E-state index >= 15 is 0 Å². The Bertz CT molecular complexity index is 2240. The highest BCUT2D eigenvalue weighted by molar-refractivity contribution is 6.10. The SMILES string of the molecule is O=c1nc2n(-c3ccccc3)c3ccccc3n2cc1-c1ccc2c(c1)c1ccccc1n2-c1ccccc1. The van der Waals surface area contributed by atoms with Crippen LogP contribution in [0, 0.1) is 0 Å². The minimum absolute atomic E-state index is 0.249. The number of para-hydroxylation sites is 5. The maximum Gasteiger partial charge on any atom is 0.282 e. The second-order valence-electron chi connectivity index (χ2n) is 9.71. The van der Waals surface area contributed by atoms with Crippen molar-refractivity contribution >= 4 is 38.6 Å². The summed E-state index contributed by atoms with van der Waals surface area (Å²) in [7, 11) is 0. The summed E-state index contributed by atoms with van der Waals surface area (Å²) in [5.41, 5.74) is 7.46. The summed E-state index contributed by atoms with van der Waals surface area (Å²) in [5.74, 6) is 0.595. The molecule has 0 aliphatic carbocycles. The largest absolute Gasteiger partial charge is 0.309 e. The second-order valence-corrected chi connectivity index (χ2v) is 9.71. The average Bonchev–Trinajstić information content (AvgIpc) is 3.49. The summed E-state index contributed by atoms with van der Waals surface area (Å²) < 4.78 is 6.34. The molecule has 5 aromatic carbocycles. The Kier molecular flexibility index (Phi) is 4.60. The van der Waals surface area contributed by atoms with E-state index in [1.54, 1.807) is 0 Å². The van der Waals surface area contributed by atoms with E-state index in [4.69, 9.17) is 0 Å². The first-order chi connectivity index (χ1) is 19.3. The molecule has 0 saturated carbocycles. The molecule has 0 spiro atoms. The Morgan fingerprint density at radius 2 is 1.10 bits per heavy atom. The number of hydrogen-bond acceptors (Lipinski definition) is 2. The van der Waals surface area contributed by atoms with Crippen molar-refractivity contribution in [1.82, 2.24) is 18.5 Å². The average molecular weight is 503 g/mol. The molecule has 0 aliphatic rings. The zero-order valence-corrected chi connectivity index (χ0v) is 20.9. The smallest absolute Gasteiger partial charge is 0.282 e. The lowest BCUT2D eigenvalue weighted by molar-refractivity contribution is 1.03. The first-order valence-corrected chi connectivity index (χ1v) is 13.0. The summed E-state index contributed by atoms with van der Waals surface area (Å²) in [6.45, 7) is 0. The van der Waals surface area contributed by atoms with Gasteiger partial charge in [-0.1, -0.05) is 72.8 Å². The van der Waals surface area contributed by atoms with Gasteiger partial charge in [0.25, 0.3) is 5.56 Å². The van der Waals surface area contributed by atoms with Crippen LogP contribution in [0.1, 0.15) is 0 Å². The highest BCUT2D eigenvalue weighted by atomic mass is 16.1. The third kappa shape index (κ3) is 3.20. The topological polar surface area (TPSA) is 44.2 Å². The van der Waals surface area contributed by atoms with E-state index in [0.717, 1.165) is 49.8 Å². The number of rotatable bonds is 3. The van der Waals surface area contributed by atoms with Gasteiger partial charge in [-0.3, -0.25) is 13.8 Å². The highest BCUT2D eigenvalue weighted by Crippen LogP contribution is 2.34. The molecule has 5 nitrogen and oxygen atoms in total. The first-order valence-electron chi connectivity index (χ1n) is 13.0. The lowest BCUT2D eigenvalue weighted by atomic mass is 10.0. The number of aromatic nitrogens is 4. The van der Waals surface area contributed by atoms with Crippen LogP contribution in [-0.2, 0) is 0 Å². The van der Waals surface area contributed by atoms with Crippen LogP contribution in [0.15, 0.2) is 138 Å². The molecule has 0 unspecified atom stereocenters. The third-order valence-corrected chi connectivity index (χ3v) is 7.50. The minimum atomic E-state index is -0.249. The van der Waals surface area contributed by atoms with Crippen LogP contribution in [0.3, 0.4) is 0 Å². The van der Waals surface area contributed by atoms with Crippen LogP contribution >= 0.6 is 0 Å². The summed E-state index contributed by atoms with van der Waals surface area (Å²) in [6, 6.07) is 43.2. The zero-order chi connectivity index (χ0) is 25.9. The van der Waals surface area contributed by atoms with Gasteiger partial charge in [-0.05, 0) is 60.2 Å². The Morgan fingerprint density at radius 3 is 1.85 bits per heavy atom. The Balaban J connectivity index is 1.40. The number of imidazole rings is 1. The van der Waals surface area contributed by atoms with Crippen molar-refractivity contribution in [3.05, 3.63) is 144 Å². The van der Waals surface area contributed by atoms with Crippen LogP contribution in [0.2, 0.25) is 0 Å². The fourth-order valence-electron chi connectivity index (χ4n) is 5.77. The van der Waals surface area contributed by atoms with Gasteiger partial charge in [0.2, 0.25) is 5.78 Å². The van der Waals surface area contributed by atoms with Gasteiger partial charge in [0, 0.05) is 28.3 Å². The van der Waals surface area contributed by atoms with E-state index in [-0.39, 0.29) is 5.56 Å². The lowest BCUT2D eigenvalue weighted by Crippen LogP contribution is -2.13. The standard InChI is InChI=1S/C34H22N4O/c39-33-28(22-36-31-17-9-10-18-32(31)38(34(36)35-33)25-13-5-2-6-14-25)23-19-20-30-27(21-23)26-15-7-8-16-29(26)37(30)24-11-3-1-4-12-24/h1-22H. The van der Waals surface area contributed by atoms with Crippen LogP contribution in [0.5, 0.6) is 0 Å². The monoisotopic (exact) mass is 502 g/mol. The van der Waals surface area contributed by atoms with Crippen molar-refractivity contribution in [2.45, 2.75) is 0 Å². The van der Waals surface area contributed by atoms with Gasteiger partial charge in [0.05, 0.1) is 27.6 Å². The van der Waals surface area contributed by atoms with Gasteiger partial charge in [-0.25, -0.2) is 0 Å². The second kappa shape index (κ2) is 8.30.